The molecule has 4 heterocycles. The van der Waals surface area contributed by atoms with Crippen LogP contribution in [0.4, 0.5) is 0 Å². The molecule has 4 N–H and O–H groups in total. The highest BCUT2D eigenvalue weighted by atomic mass is 35.5. The van der Waals surface area contributed by atoms with Crippen LogP contribution in [0.25, 0.3) is 22.3 Å². The SMILES string of the molecule is C.O=c1[nH]c(=O)c2c(nc(Cl)n2Cc2ccc(Cl)cc2)[nH]1.O=c1[nH]c(=O)c2c(ncn2Cc2ccc(Cl)cc2)[nH]1. The molecule has 40 heavy (non-hydrogen) atoms. The molecule has 0 unspecified atom stereocenters. The van der Waals surface area contributed by atoms with Crippen molar-refractivity contribution < 1.29 is 0 Å². The maximum absolute atomic E-state index is 11.9. The maximum Gasteiger partial charge on any atom is 0.327 e. The molecule has 0 saturated heterocycles. The number of rotatable bonds is 4. The van der Waals surface area contributed by atoms with E-state index in [2.05, 4.69) is 29.9 Å². The summed E-state index contributed by atoms with van der Waals surface area (Å²) in [4.78, 5) is 63.2. The first-order chi connectivity index (χ1) is 18.7. The monoisotopic (exact) mass is 602 g/mol. The van der Waals surface area contributed by atoms with E-state index in [1.54, 1.807) is 28.8 Å². The van der Waals surface area contributed by atoms with Gasteiger partial charge in [-0.15, -0.1) is 0 Å². The highest BCUT2D eigenvalue weighted by molar-refractivity contribution is 6.31. The maximum atomic E-state index is 11.9. The highest BCUT2D eigenvalue weighted by Crippen LogP contribution is 2.18. The molecule has 0 atom stereocenters. The Bertz CT molecular complexity index is 2030. The Kier molecular flexibility index (Phi) is 8.43. The number of halogens is 3. The molecule has 4 aromatic heterocycles. The minimum atomic E-state index is -0.615. The topological polar surface area (TPSA) is 167 Å². The van der Waals surface area contributed by atoms with E-state index < -0.39 is 22.5 Å². The van der Waals surface area contributed by atoms with Gasteiger partial charge in [0.2, 0.25) is 5.28 Å². The van der Waals surface area contributed by atoms with Crippen LogP contribution in [0.5, 0.6) is 0 Å². The molecule has 0 bridgehead atoms. The fraction of sp³-hybridized carbons (Fsp3) is 0.120. The van der Waals surface area contributed by atoms with Crippen LogP contribution in [-0.2, 0) is 13.1 Å². The quantitative estimate of drug-likeness (QED) is 0.225. The van der Waals surface area contributed by atoms with Crippen molar-refractivity contribution in [2.45, 2.75) is 20.5 Å². The Morgan fingerprint density at radius 1 is 0.650 bits per heavy atom. The molecule has 12 nitrogen and oxygen atoms in total. The summed E-state index contributed by atoms with van der Waals surface area (Å²) in [6, 6.07) is 14.4. The lowest BCUT2D eigenvalue weighted by atomic mass is 10.2. The first-order valence-electron chi connectivity index (χ1n) is 11.2. The Labute approximate surface area is 239 Å². The normalized spacial score (nSPS) is 10.8. The standard InChI is InChI=1S/C12H8Cl2N4O2.C12H9ClN4O2.CH4/c13-7-3-1-6(2-4-7)5-18-8-9(15-11(18)14)16-12(20)17-10(8)19;13-8-3-1-7(2-4-8)5-17-6-14-10-9(17)11(18)16-12(19)15-10;/h1-4H,5H2,(H2,16,17,19,20);1-4,6H,5H2,(H2,15,16,18,19);1H4. The lowest BCUT2D eigenvalue weighted by Crippen LogP contribution is -2.23. The number of nitrogens with one attached hydrogen (secondary N) is 4. The molecule has 6 aromatic rings. The van der Waals surface area contributed by atoms with E-state index in [9.17, 15) is 19.2 Å². The summed E-state index contributed by atoms with van der Waals surface area (Å²) in [6.07, 6.45) is 1.52. The third-order valence-corrected chi connectivity index (χ3v) is 6.42. The fourth-order valence-electron chi connectivity index (χ4n) is 3.88. The fourth-order valence-corrected chi connectivity index (χ4v) is 4.36. The zero-order valence-electron chi connectivity index (χ0n) is 19.7. The van der Waals surface area contributed by atoms with Gasteiger partial charge in [-0.3, -0.25) is 29.5 Å². The number of fused-ring (bicyclic) bond motifs is 2. The van der Waals surface area contributed by atoms with Gasteiger partial charge in [0.25, 0.3) is 11.1 Å². The van der Waals surface area contributed by atoms with E-state index in [4.69, 9.17) is 34.8 Å². The third-order valence-electron chi connectivity index (χ3n) is 5.63. The van der Waals surface area contributed by atoms with Gasteiger partial charge in [-0.1, -0.05) is 54.9 Å². The molecule has 0 aliphatic heterocycles. The molecule has 206 valence electrons. The average molecular weight is 604 g/mol. The first-order valence-corrected chi connectivity index (χ1v) is 12.4. The van der Waals surface area contributed by atoms with Crippen LogP contribution in [0.2, 0.25) is 15.3 Å². The van der Waals surface area contributed by atoms with Crippen molar-refractivity contribution >= 4 is 57.1 Å². The predicted octanol–water partition coefficient (Wildman–Crippen LogP) is 3.52. The van der Waals surface area contributed by atoms with Gasteiger partial charge >= 0.3 is 11.4 Å². The number of imidazole rings is 2. The number of hydrogen-bond donors (Lipinski definition) is 4. The van der Waals surface area contributed by atoms with E-state index in [0.717, 1.165) is 11.1 Å². The molecule has 15 heteroatoms. The molecular formula is C25H21Cl3N8O4. The predicted molar refractivity (Wildman–Crippen MR) is 155 cm³/mol. The van der Waals surface area contributed by atoms with E-state index in [1.165, 1.54) is 10.9 Å². The summed E-state index contributed by atoms with van der Waals surface area (Å²) in [6.45, 7) is 0.824. The molecule has 0 saturated carbocycles. The summed E-state index contributed by atoms with van der Waals surface area (Å²) in [7, 11) is 0. The summed E-state index contributed by atoms with van der Waals surface area (Å²) in [5, 5.41) is 1.40. The second kappa shape index (κ2) is 11.8. The second-order valence-electron chi connectivity index (χ2n) is 8.30. The molecule has 0 amide bonds. The minimum Gasteiger partial charge on any atom is -0.320 e. The lowest BCUT2D eigenvalue weighted by Gasteiger charge is -2.05. The Hall–Kier alpha value is -4.39. The molecule has 0 spiro atoms. The number of benzene rings is 2. The summed E-state index contributed by atoms with van der Waals surface area (Å²) >= 11 is 17.7. The van der Waals surface area contributed by atoms with Crippen LogP contribution in [0.3, 0.4) is 0 Å². The van der Waals surface area contributed by atoms with Crippen LogP contribution >= 0.6 is 34.8 Å². The van der Waals surface area contributed by atoms with Gasteiger partial charge in [-0.2, -0.15) is 4.98 Å². The van der Waals surface area contributed by atoms with Gasteiger partial charge in [0.05, 0.1) is 12.9 Å². The summed E-state index contributed by atoms with van der Waals surface area (Å²) in [5.74, 6) is 0. The summed E-state index contributed by atoms with van der Waals surface area (Å²) < 4.78 is 3.20. The molecule has 0 fully saturated rings. The molecular weight excluding hydrogens is 583 g/mol. The Balaban J connectivity index is 0.000000181. The number of aromatic amines is 4. The second-order valence-corrected chi connectivity index (χ2v) is 9.51. The van der Waals surface area contributed by atoms with Crippen molar-refractivity contribution in [3.05, 3.63) is 123 Å². The number of H-pyrrole nitrogens is 4. The third kappa shape index (κ3) is 6.09. The van der Waals surface area contributed by atoms with Crippen molar-refractivity contribution in [3.63, 3.8) is 0 Å². The van der Waals surface area contributed by atoms with E-state index in [1.807, 2.05) is 24.3 Å². The van der Waals surface area contributed by atoms with Crippen molar-refractivity contribution in [1.82, 2.24) is 39.0 Å². The van der Waals surface area contributed by atoms with Gasteiger partial charge in [0.15, 0.2) is 22.3 Å². The van der Waals surface area contributed by atoms with E-state index in [0.29, 0.717) is 28.7 Å². The number of nitrogens with zero attached hydrogens (tertiary/aromatic N) is 4. The van der Waals surface area contributed by atoms with Crippen molar-refractivity contribution in [2.24, 2.45) is 0 Å². The first kappa shape index (κ1) is 28.6. The zero-order valence-corrected chi connectivity index (χ0v) is 21.9. The Morgan fingerprint density at radius 3 is 1.73 bits per heavy atom. The zero-order chi connectivity index (χ0) is 27.7. The number of hydrogen-bond acceptors (Lipinski definition) is 6. The summed E-state index contributed by atoms with van der Waals surface area (Å²) in [5.41, 5.74) is 0.738. The molecule has 0 radical (unpaired) electrons. The smallest absolute Gasteiger partial charge is 0.320 e. The molecule has 6 rings (SSSR count). The lowest BCUT2D eigenvalue weighted by molar-refractivity contribution is 0.818. The van der Waals surface area contributed by atoms with Crippen molar-refractivity contribution in [2.75, 3.05) is 0 Å². The van der Waals surface area contributed by atoms with Gasteiger partial charge in [-0.05, 0) is 47.0 Å². The van der Waals surface area contributed by atoms with Crippen LogP contribution < -0.4 is 22.5 Å². The van der Waals surface area contributed by atoms with Gasteiger partial charge < -0.3 is 9.13 Å². The number of aromatic nitrogens is 8. The van der Waals surface area contributed by atoms with Crippen LogP contribution in [-0.4, -0.2) is 39.0 Å². The minimum absolute atomic E-state index is 0. The van der Waals surface area contributed by atoms with Crippen molar-refractivity contribution in [3.8, 4) is 0 Å². The van der Waals surface area contributed by atoms with Crippen LogP contribution in [0.15, 0.2) is 74.0 Å². The van der Waals surface area contributed by atoms with Gasteiger partial charge in [0.1, 0.15) is 0 Å². The molecule has 2 aromatic carbocycles. The van der Waals surface area contributed by atoms with Crippen LogP contribution in [0, 0.1) is 0 Å². The largest absolute Gasteiger partial charge is 0.327 e. The van der Waals surface area contributed by atoms with E-state index >= 15 is 0 Å². The van der Waals surface area contributed by atoms with Crippen molar-refractivity contribution in [1.29, 1.82) is 0 Å². The highest BCUT2D eigenvalue weighted by Gasteiger charge is 2.14. The van der Waals surface area contributed by atoms with Gasteiger partial charge in [0, 0.05) is 16.6 Å². The molecule has 0 aliphatic carbocycles. The van der Waals surface area contributed by atoms with E-state index in [-0.39, 0.29) is 29.5 Å². The molecule has 0 aliphatic rings. The van der Waals surface area contributed by atoms with Crippen LogP contribution in [0.1, 0.15) is 18.6 Å². The Morgan fingerprint density at radius 2 is 1.15 bits per heavy atom. The van der Waals surface area contributed by atoms with Gasteiger partial charge in [-0.25, -0.2) is 14.6 Å². The average Bonchev–Trinajstić information content (AvgIpc) is 3.42.